The van der Waals surface area contributed by atoms with Crippen molar-refractivity contribution in [2.45, 2.75) is 12.5 Å². The summed E-state index contributed by atoms with van der Waals surface area (Å²) in [5, 5.41) is 8.22. The van der Waals surface area contributed by atoms with Gasteiger partial charge in [-0.3, -0.25) is 0 Å². The third-order valence-electron chi connectivity index (χ3n) is 1.62. The second-order valence-electron chi connectivity index (χ2n) is 2.56. The Kier molecular flexibility index (Phi) is 4.22. The Balaban J connectivity index is 0.000001000. The highest BCUT2D eigenvalue weighted by molar-refractivity contribution is 5.85. The van der Waals surface area contributed by atoms with E-state index >= 15 is 0 Å². The summed E-state index contributed by atoms with van der Waals surface area (Å²) in [5.74, 6) is 0. The highest BCUT2D eigenvalue weighted by Gasteiger charge is 2.22. The molecule has 0 aromatic rings. The molecule has 11 heavy (non-hydrogen) atoms. The van der Waals surface area contributed by atoms with Crippen LogP contribution in [-0.2, 0) is 4.74 Å². The summed E-state index contributed by atoms with van der Waals surface area (Å²) < 4.78 is 4.56. The molecule has 1 heterocycles. The Morgan fingerprint density at radius 1 is 1.73 bits per heavy atom. The number of rotatable bonds is 1. The molecule has 1 fully saturated rings. The summed E-state index contributed by atoms with van der Waals surface area (Å²) in [5.41, 5.74) is 0. The molecule has 0 radical (unpaired) electrons. The first kappa shape index (κ1) is 10.5. The standard InChI is InChI=1S/C6H11NO3.ClH/c1-7-3-2-5(4-7)10-6(8)9;/h5H,2-4H2,1H3,(H,8,9);1H. The van der Waals surface area contributed by atoms with Gasteiger partial charge in [-0.05, 0) is 13.5 Å². The highest BCUT2D eigenvalue weighted by Crippen LogP contribution is 2.09. The summed E-state index contributed by atoms with van der Waals surface area (Å²) in [6, 6.07) is 0. The van der Waals surface area contributed by atoms with Gasteiger partial charge in [-0.2, -0.15) is 0 Å². The van der Waals surface area contributed by atoms with Crippen LogP contribution < -0.4 is 0 Å². The van der Waals surface area contributed by atoms with Crippen LogP contribution in [0, 0.1) is 0 Å². The molecule has 1 unspecified atom stereocenters. The molecule has 1 atom stereocenters. The Labute approximate surface area is 71.5 Å². The lowest BCUT2D eigenvalue weighted by molar-refractivity contribution is 0.0562. The first-order valence-corrected chi connectivity index (χ1v) is 3.26. The molecule has 0 amide bonds. The number of likely N-dealkylation sites (tertiary alicyclic amines) is 1. The van der Waals surface area contributed by atoms with Crippen LogP contribution in [0.4, 0.5) is 4.79 Å². The zero-order valence-corrected chi connectivity index (χ0v) is 7.13. The largest absolute Gasteiger partial charge is 0.506 e. The average Bonchev–Trinajstić information content (AvgIpc) is 2.13. The molecule has 1 saturated heterocycles. The van der Waals surface area contributed by atoms with Gasteiger partial charge in [0.05, 0.1) is 0 Å². The minimum atomic E-state index is -1.17. The maximum absolute atomic E-state index is 10.0. The van der Waals surface area contributed by atoms with E-state index in [2.05, 4.69) is 4.74 Å². The van der Waals surface area contributed by atoms with Crippen LogP contribution in [0.2, 0.25) is 0 Å². The molecule has 1 aliphatic rings. The first-order chi connectivity index (χ1) is 4.68. The summed E-state index contributed by atoms with van der Waals surface area (Å²) in [4.78, 5) is 12.1. The van der Waals surface area contributed by atoms with Crippen molar-refractivity contribution in [3.8, 4) is 0 Å². The molecule has 4 nitrogen and oxygen atoms in total. The van der Waals surface area contributed by atoms with Gasteiger partial charge >= 0.3 is 6.16 Å². The Morgan fingerprint density at radius 3 is 2.73 bits per heavy atom. The van der Waals surface area contributed by atoms with Gasteiger partial charge in [-0.25, -0.2) is 4.79 Å². The number of hydrogen-bond donors (Lipinski definition) is 1. The maximum atomic E-state index is 10.0. The number of likely N-dealkylation sites (N-methyl/N-ethyl adjacent to an activating group) is 1. The number of halogens is 1. The second kappa shape index (κ2) is 4.41. The van der Waals surface area contributed by atoms with Gasteiger partial charge in [-0.1, -0.05) is 0 Å². The van der Waals surface area contributed by atoms with Crippen molar-refractivity contribution in [3.63, 3.8) is 0 Å². The second-order valence-corrected chi connectivity index (χ2v) is 2.56. The maximum Gasteiger partial charge on any atom is 0.506 e. The van der Waals surface area contributed by atoms with Crippen LogP contribution in [0.15, 0.2) is 0 Å². The molecule has 0 aromatic carbocycles. The van der Waals surface area contributed by atoms with Crippen LogP contribution in [-0.4, -0.2) is 42.4 Å². The van der Waals surface area contributed by atoms with Crippen molar-refractivity contribution in [1.29, 1.82) is 0 Å². The first-order valence-electron chi connectivity index (χ1n) is 3.26. The van der Waals surface area contributed by atoms with E-state index in [-0.39, 0.29) is 18.5 Å². The van der Waals surface area contributed by atoms with Crippen LogP contribution >= 0.6 is 12.4 Å². The Morgan fingerprint density at radius 2 is 2.36 bits per heavy atom. The zero-order chi connectivity index (χ0) is 7.56. The number of carbonyl (C=O) groups is 1. The van der Waals surface area contributed by atoms with Gasteiger partial charge in [0.15, 0.2) is 0 Å². The molecule has 0 aromatic heterocycles. The molecule has 1 aliphatic heterocycles. The van der Waals surface area contributed by atoms with Crippen molar-refractivity contribution < 1.29 is 14.6 Å². The predicted octanol–water partition coefficient (Wildman–Crippen LogP) is 0.807. The van der Waals surface area contributed by atoms with Crippen molar-refractivity contribution in [1.82, 2.24) is 4.90 Å². The summed E-state index contributed by atoms with van der Waals surface area (Å²) in [6.07, 6.45) is -0.453. The lowest BCUT2D eigenvalue weighted by Gasteiger charge is -2.08. The van der Waals surface area contributed by atoms with E-state index < -0.39 is 6.16 Å². The molecular formula is C6H12ClNO3. The minimum Gasteiger partial charge on any atom is -0.450 e. The number of carboxylic acid groups (broad SMARTS) is 1. The molecule has 0 spiro atoms. The molecule has 5 heteroatoms. The number of ether oxygens (including phenoxy) is 1. The molecule has 0 bridgehead atoms. The lowest BCUT2D eigenvalue weighted by atomic mass is 10.3. The molecule has 1 N–H and O–H groups in total. The number of nitrogens with zero attached hydrogens (tertiary/aromatic N) is 1. The predicted molar refractivity (Wildman–Crippen MR) is 42.3 cm³/mol. The Hall–Kier alpha value is -0.480. The lowest BCUT2D eigenvalue weighted by Crippen LogP contribution is -2.21. The van der Waals surface area contributed by atoms with E-state index in [0.29, 0.717) is 0 Å². The van der Waals surface area contributed by atoms with E-state index in [4.69, 9.17) is 5.11 Å². The fraction of sp³-hybridized carbons (Fsp3) is 0.833. The fourth-order valence-corrected chi connectivity index (χ4v) is 1.13. The van der Waals surface area contributed by atoms with Crippen LogP contribution in [0.3, 0.4) is 0 Å². The van der Waals surface area contributed by atoms with Crippen LogP contribution in [0.25, 0.3) is 0 Å². The molecule has 66 valence electrons. The van der Waals surface area contributed by atoms with Gasteiger partial charge in [0, 0.05) is 13.1 Å². The van der Waals surface area contributed by atoms with E-state index in [1.54, 1.807) is 0 Å². The molecular weight excluding hydrogens is 170 g/mol. The SMILES string of the molecule is CN1CCC(OC(=O)O)C1.Cl. The van der Waals surface area contributed by atoms with Crippen molar-refractivity contribution in [3.05, 3.63) is 0 Å². The topological polar surface area (TPSA) is 49.8 Å². The summed E-state index contributed by atoms with van der Waals surface area (Å²) in [6.45, 7) is 1.66. The van der Waals surface area contributed by atoms with Gasteiger partial charge in [-0.15, -0.1) is 12.4 Å². The highest BCUT2D eigenvalue weighted by atomic mass is 35.5. The summed E-state index contributed by atoms with van der Waals surface area (Å²) in [7, 11) is 1.95. The van der Waals surface area contributed by atoms with Crippen LogP contribution in [0.5, 0.6) is 0 Å². The normalized spacial score (nSPS) is 24.3. The minimum absolute atomic E-state index is 0. The average molecular weight is 182 g/mol. The van der Waals surface area contributed by atoms with Crippen molar-refractivity contribution in [2.75, 3.05) is 20.1 Å². The fourth-order valence-electron chi connectivity index (χ4n) is 1.13. The van der Waals surface area contributed by atoms with Gasteiger partial charge < -0.3 is 14.7 Å². The zero-order valence-electron chi connectivity index (χ0n) is 6.32. The quantitative estimate of drug-likeness (QED) is 0.609. The van der Waals surface area contributed by atoms with Crippen LogP contribution in [0.1, 0.15) is 6.42 Å². The van der Waals surface area contributed by atoms with Gasteiger partial charge in [0.2, 0.25) is 0 Å². The van der Waals surface area contributed by atoms with Crippen molar-refractivity contribution in [2.24, 2.45) is 0 Å². The smallest absolute Gasteiger partial charge is 0.450 e. The van der Waals surface area contributed by atoms with E-state index in [0.717, 1.165) is 19.5 Å². The third-order valence-corrected chi connectivity index (χ3v) is 1.62. The molecule has 0 saturated carbocycles. The molecule has 1 rings (SSSR count). The Bertz CT molecular complexity index is 142. The third kappa shape index (κ3) is 3.43. The van der Waals surface area contributed by atoms with E-state index in [1.165, 1.54) is 0 Å². The van der Waals surface area contributed by atoms with Crippen molar-refractivity contribution >= 4 is 18.6 Å². The number of hydrogen-bond acceptors (Lipinski definition) is 3. The van der Waals surface area contributed by atoms with Gasteiger partial charge in [0.1, 0.15) is 6.10 Å². The summed E-state index contributed by atoms with van der Waals surface area (Å²) >= 11 is 0. The van der Waals surface area contributed by atoms with Gasteiger partial charge in [0.25, 0.3) is 0 Å². The molecule has 0 aliphatic carbocycles. The van der Waals surface area contributed by atoms with E-state index in [1.807, 2.05) is 11.9 Å². The van der Waals surface area contributed by atoms with E-state index in [9.17, 15) is 4.79 Å². The monoisotopic (exact) mass is 181 g/mol.